The van der Waals surface area contributed by atoms with Crippen LogP contribution in [-0.2, 0) is 4.79 Å². The van der Waals surface area contributed by atoms with Crippen LogP contribution in [0.2, 0.25) is 5.02 Å². The number of anilines is 1. The molecule has 1 amide bonds. The summed E-state index contributed by atoms with van der Waals surface area (Å²) in [6, 6.07) is 5.28. The van der Waals surface area contributed by atoms with Gasteiger partial charge in [0, 0.05) is 11.6 Å². The summed E-state index contributed by atoms with van der Waals surface area (Å²) >= 11 is 5.94. The first-order valence-corrected chi connectivity index (χ1v) is 5.92. The zero-order valence-corrected chi connectivity index (χ0v) is 10.4. The molecule has 0 spiro atoms. The Kier molecular flexibility index (Phi) is 3.54. The summed E-state index contributed by atoms with van der Waals surface area (Å²) < 4.78 is 5.36. The van der Waals surface area contributed by atoms with E-state index in [1.165, 1.54) is 0 Å². The van der Waals surface area contributed by atoms with E-state index < -0.39 is 0 Å². The molecule has 0 saturated carbocycles. The molecule has 1 aliphatic heterocycles. The van der Waals surface area contributed by atoms with Gasteiger partial charge in [-0.25, -0.2) is 0 Å². The fraction of sp³-hybridized carbons (Fsp3) is 0.417. The second kappa shape index (κ2) is 4.94. The van der Waals surface area contributed by atoms with Gasteiger partial charge in [0.1, 0.15) is 5.75 Å². The van der Waals surface area contributed by atoms with Crippen molar-refractivity contribution in [1.29, 1.82) is 0 Å². The molecule has 1 unspecified atom stereocenters. The van der Waals surface area contributed by atoms with Gasteiger partial charge >= 0.3 is 0 Å². The average Bonchev–Trinajstić information content (AvgIpc) is 2.32. The Balaban J connectivity index is 2.32. The monoisotopic (exact) mass is 254 g/mol. The molecule has 17 heavy (non-hydrogen) atoms. The molecular weight excluding hydrogens is 240 g/mol. The number of fused-ring (bicyclic) bond motifs is 1. The molecule has 0 radical (unpaired) electrons. The van der Waals surface area contributed by atoms with Crippen LogP contribution >= 0.6 is 11.6 Å². The van der Waals surface area contributed by atoms with Gasteiger partial charge in [0.25, 0.3) is 5.91 Å². The normalized spacial score (nSPS) is 16.4. The smallest absolute Gasteiger partial charge is 0.265 e. The Morgan fingerprint density at radius 3 is 3.06 bits per heavy atom. The lowest BCUT2D eigenvalue weighted by atomic mass is 10.1. The molecule has 1 aliphatic rings. The molecule has 0 aromatic heterocycles. The Morgan fingerprint density at radius 1 is 1.59 bits per heavy atom. The average molecular weight is 255 g/mol. The third kappa shape index (κ3) is 2.53. The second-order valence-corrected chi connectivity index (χ2v) is 4.68. The minimum atomic E-state index is -0.0555. The van der Waals surface area contributed by atoms with Crippen LogP contribution in [0.4, 0.5) is 5.69 Å². The Morgan fingerprint density at radius 2 is 2.35 bits per heavy atom. The number of carbonyl (C=O) groups is 1. The lowest BCUT2D eigenvalue weighted by Gasteiger charge is -2.31. The molecule has 0 fully saturated rings. The largest absolute Gasteiger partial charge is 0.482 e. The number of hydrogen-bond acceptors (Lipinski definition) is 3. The number of halogens is 1. The molecular formula is C12H15ClN2O2. The summed E-state index contributed by atoms with van der Waals surface area (Å²) in [4.78, 5) is 13.5. The van der Waals surface area contributed by atoms with Gasteiger partial charge in [-0.15, -0.1) is 0 Å². The molecule has 1 aromatic rings. The van der Waals surface area contributed by atoms with Gasteiger partial charge in [-0.3, -0.25) is 4.79 Å². The summed E-state index contributed by atoms with van der Waals surface area (Å²) in [6.45, 7) is 3.21. The second-order valence-electron chi connectivity index (χ2n) is 4.25. The van der Waals surface area contributed by atoms with Crippen molar-refractivity contribution in [3.63, 3.8) is 0 Å². The third-order valence-electron chi connectivity index (χ3n) is 2.76. The standard InChI is InChI=1S/C12H15ClN2O2/c1-8(5-14)6-15-10-4-9(13)2-3-11(10)17-7-12(15)16/h2-4,8H,5-7,14H2,1H3. The van der Waals surface area contributed by atoms with Crippen molar-refractivity contribution in [2.24, 2.45) is 11.7 Å². The Labute approximate surface area is 105 Å². The van der Waals surface area contributed by atoms with Crippen LogP contribution in [0.3, 0.4) is 0 Å². The van der Waals surface area contributed by atoms with Crippen molar-refractivity contribution in [1.82, 2.24) is 0 Å². The van der Waals surface area contributed by atoms with Crippen LogP contribution in [0.15, 0.2) is 18.2 Å². The van der Waals surface area contributed by atoms with Crippen molar-refractivity contribution in [3.8, 4) is 5.75 Å². The van der Waals surface area contributed by atoms with E-state index in [1.807, 2.05) is 6.92 Å². The summed E-state index contributed by atoms with van der Waals surface area (Å²) in [6.07, 6.45) is 0. The maximum absolute atomic E-state index is 11.8. The molecule has 1 heterocycles. The topological polar surface area (TPSA) is 55.6 Å². The van der Waals surface area contributed by atoms with Gasteiger partial charge in [-0.2, -0.15) is 0 Å². The zero-order valence-electron chi connectivity index (χ0n) is 9.65. The van der Waals surface area contributed by atoms with Crippen LogP contribution in [0.5, 0.6) is 5.75 Å². The van der Waals surface area contributed by atoms with Gasteiger partial charge in [-0.1, -0.05) is 18.5 Å². The van der Waals surface area contributed by atoms with E-state index in [1.54, 1.807) is 23.1 Å². The van der Waals surface area contributed by atoms with E-state index >= 15 is 0 Å². The molecule has 0 saturated heterocycles. The Hall–Kier alpha value is -1.26. The number of nitrogens with zero attached hydrogens (tertiary/aromatic N) is 1. The van der Waals surface area contributed by atoms with Gasteiger partial charge < -0.3 is 15.4 Å². The SMILES string of the molecule is CC(CN)CN1C(=O)COc2ccc(Cl)cc21. The highest BCUT2D eigenvalue weighted by atomic mass is 35.5. The van der Waals surface area contributed by atoms with Crippen LogP contribution in [0.1, 0.15) is 6.92 Å². The molecule has 92 valence electrons. The van der Waals surface area contributed by atoms with E-state index in [0.29, 0.717) is 23.9 Å². The molecule has 0 bridgehead atoms. The fourth-order valence-electron chi connectivity index (χ4n) is 1.76. The third-order valence-corrected chi connectivity index (χ3v) is 3.00. The minimum absolute atomic E-state index is 0.0555. The highest BCUT2D eigenvalue weighted by molar-refractivity contribution is 6.31. The molecule has 4 nitrogen and oxygen atoms in total. The summed E-state index contributed by atoms with van der Waals surface area (Å²) in [7, 11) is 0. The van der Waals surface area contributed by atoms with Crippen molar-refractivity contribution < 1.29 is 9.53 Å². The summed E-state index contributed by atoms with van der Waals surface area (Å²) in [5, 5.41) is 0.590. The predicted molar refractivity (Wildman–Crippen MR) is 67.5 cm³/mol. The molecule has 1 atom stereocenters. The van der Waals surface area contributed by atoms with E-state index in [4.69, 9.17) is 22.1 Å². The number of nitrogens with two attached hydrogens (primary N) is 1. The summed E-state index contributed by atoms with van der Waals surface area (Å²) in [5.41, 5.74) is 6.32. The quantitative estimate of drug-likeness (QED) is 0.893. The van der Waals surface area contributed by atoms with E-state index in [-0.39, 0.29) is 18.4 Å². The first-order chi connectivity index (χ1) is 8.11. The van der Waals surface area contributed by atoms with Crippen LogP contribution < -0.4 is 15.4 Å². The van der Waals surface area contributed by atoms with Crippen LogP contribution in [0, 0.1) is 5.92 Å². The number of rotatable bonds is 3. The van der Waals surface area contributed by atoms with Gasteiger partial charge in [-0.05, 0) is 30.7 Å². The van der Waals surface area contributed by atoms with Gasteiger partial charge in [0.05, 0.1) is 5.69 Å². The summed E-state index contributed by atoms with van der Waals surface area (Å²) in [5.74, 6) is 0.877. The number of hydrogen-bond donors (Lipinski definition) is 1. The van der Waals surface area contributed by atoms with Crippen LogP contribution in [-0.4, -0.2) is 25.6 Å². The molecule has 2 N–H and O–H groups in total. The number of ether oxygens (including phenoxy) is 1. The zero-order chi connectivity index (χ0) is 12.4. The van der Waals surface area contributed by atoms with E-state index in [9.17, 15) is 4.79 Å². The first kappa shape index (κ1) is 12.2. The fourth-order valence-corrected chi connectivity index (χ4v) is 1.93. The van der Waals surface area contributed by atoms with Crippen molar-refractivity contribution in [2.45, 2.75) is 6.92 Å². The highest BCUT2D eigenvalue weighted by Gasteiger charge is 2.26. The van der Waals surface area contributed by atoms with Crippen molar-refractivity contribution in [2.75, 3.05) is 24.6 Å². The Bertz CT molecular complexity index is 437. The van der Waals surface area contributed by atoms with Crippen molar-refractivity contribution in [3.05, 3.63) is 23.2 Å². The van der Waals surface area contributed by atoms with Gasteiger partial charge in [0.2, 0.25) is 0 Å². The maximum Gasteiger partial charge on any atom is 0.265 e. The molecule has 1 aromatic carbocycles. The lowest BCUT2D eigenvalue weighted by Crippen LogP contribution is -2.42. The predicted octanol–water partition coefficient (Wildman–Crippen LogP) is 1.66. The highest BCUT2D eigenvalue weighted by Crippen LogP contribution is 2.34. The van der Waals surface area contributed by atoms with Gasteiger partial charge in [0.15, 0.2) is 6.61 Å². The minimum Gasteiger partial charge on any atom is -0.482 e. The van der Waals surface area contributed by atoms with Crippen LogP contribution in [0.25, 0.3) is 0 Å². The molecule has 0 aliphatic carbocycles. The number of benzene rings is 1. The maximum atomic E-state index is 11.8. The number of carbonyl (C=O) groups excluding carboxylic acids is 1. The first-order valence-electron chi connectivity index (χ1n) is 5.54. The van der Waals surface area contributed by atoms with E-state index in [0.717, 1.165) is 5.69 Å². The van der Waals surface area contributed by atoms with Crippen molar-refractivity contribution >= 4 is 23.2 Å². The number of amides is 1. The lowest BCUT2D eigenvalue weighted by molar-refractivity contribution is -0.121. The van der Waals surface area contributed by atoms with E-state index in [2.05, 4.69) is 0 Å². The molecule has 2 rings (SSSR count). The molecule has 5 heteroatoms.